The van der Waals surface area contributed by atoms with Gasteiger partial charge in [-0.3, -0.25) is 0 Å². The molecular formula is C10H10N2OS. The van der Waals surface area contributed by atoms with Crippen molar-refractivity contribution in [3.8, 4) is 11.4 Å². The third-order valence-corrected chi connectivity index (χ3v) is 2.85. The summed E-state index contributed by atoms with van der Waals surface area (Å²) >= 11 is 1.64. The predicted octanol–water partition coefficient (Wildman–Crippen LogP) is 2.01. The second-order valence-electron chi connectivity index (χ2n) is 3.04. The fourth-order valence-corrected chi connectivity index (χ4v) is 1.99. The molecule has 0 saturated heterocycles. The average Bonchev–Trinajstić information content (AvgIpc) is 2.65. The number of nitrogens with zero attached hydrogens (tertiary/aromatic N) is 2. The molecule has 0 amide bonds. The fraction of sp³-hybridized carbons (Fsp3) is 0.200. The lowest BCUT2D eigenvalue weighted by atomic mass is 10.2. The Morgan fingerprint density at radius 3 is 2.50 bits per heavy atom. The molecule has 0 unspecified atom stereocenters. The zero-order valence-electron chi connectivity index (χ0n) is 7.77. The zero-order valence-corrected chi connectivity index (χ0v) is 8.58. The van der Waals surface area contributed by atoms with Gasteiger partial charge < -0.3 is 5.11 Å². The lowest BCUT2D eigenvalue weighted by Crippen LogP contribution is -1.92. The third-order valence-electron chi connectivity index (χ3n) is 1.98. The van der Waals surface area contributed by atoms with E-state index in [1.165, 1.54) is 5.56 Å². The number of aliphatic hydroxyl groups is 1. The molecular weight excluding hydrogens is 196 g/mol. The average molecular weight is 206 g/mol. The van der Waals surface area contributed by atoms with Crippen molar-refractivity contribution in [2.75, 3.05) is 0 Å². The van der Waals surface area contributed by atoms with Crippen molar-refractivity contribution in [2.24, 2.45) is 0 Å². The molecule has 2 aromatic heterocycles. The van der Waals surface area contributed by atoms with Crippen molar-refractivity contribution < 1.29 is 5.11 Å². The van der Waals surface area contributed by atoms with E-state index in [0.717, 1.165) is 17.0 Å². The third kappa shape index (κ3) is 1.66. The Morgan fingerprint density at radius 1 is 1.29 bits per heavy atom. The lowest BCUT2D eigenvalue weighted by molar-refractivity contribution is 0.281. The van der Waals surface area contributed by atoms with Crippen molar-refractivity contribution in [3.05, 3.63) is 34.3 Å². The first-order valence-electron chi connectivity index (χ1n) is 4.26. The van der Waals surface area contributed by atoms with Crippen molar-refractivity contribution in [2.45, 2.75) is 13.5 Å². The maximum atomic E-state index is 8.84. The van der Waals surface area contributed by atoms with Gasteiger partial charge in [0.1, 0.15) is 0 Å². The fourth-order valence-electron chi connectivity index (χ4n) is 1.17. The molecule has 72 valence electrons. The van der Waals surface area contributed by atoms with Crippen LogP contribution in [0.1, 0.15) is 11.1 Å². The van der Waals surface area contributed by atoms with Gasteiger partial charge >= 0.3 is 0 Å². The Balaban J connectivity index is 2.39. The highest BCUT2D eigenvalue weighted by Crippen LogP contribution is 2.23. The highest BCUT2D eigenvalue weighted by molar-refractivity contribution is 7.08. The van der Waals surface area contributed by atoms with Gasteiger partial charge in [-0.05, 0) is 17.9 Å². The van der Waals surface area contributed by atoms with Gasteiger partial charge in [-0.1, -0.05) is 0 Å². The van der Waals surface area contributed by atoms with Crippen LogP contribution in [0.15, 0.2) is 23.2 Å². The molecule has 0 aliphatic rings. The summed E-state index contributed by atoms with van der Waals surface area (Å²) in [7, 11) is 0. The van der Waals surface area contributed by atoms with Gasteiger partial charge in [0.25, 0.3) is 0 Å². The van der Waals surface area contributed by atoms with Crippen LogP contribution in [0.5, 0.6) is 0 Å². The number of aryl methyl sites for hydroxylation is 1. The molecule has 0 fully saturated rings. The van der Waals surface area contributed by atoms with Gasteiger partial charge in [-0.2, -0.15) is 11.3 Å². The zero-order chi connectivity index (χ0) is 9.97. The van der Waals surface area contributed by atoms with Crippen molar-refractivity contribution >= 4 is 11.3 Å². The van der Waals surface area contributed by atoms with E-state index in [9.17, 15) is 0 Å². The number of thiophene rings is 1. The van der Waals surface area contributed by atoms with Crippen molar-refractivity contribution in [1.82, 2.24) is 9.97 Å². The predicted molar refractivity (Wildman–Crippen MR) is 56.0 cm³/mol. The van der Waals surface area contributed by atoms with Crippen molar-refractivity contribution in [3.63, 3.8) is 0 Å². The molecule has 0 aliphatic carbocycles. The van der Waals surface area contributed by atoms with E-state index >= 15 is 0 Å². The smallest absolute Gasteiger partial charge is 0.160 e. The van der Waals surface area contributed by atoms with Gasteiger partial charge in [-0.15, -0.1) is 0 Å². The molecule has 0 aromatic carbocycles. The molecule has 4 heteroatoms. The van der Waals surface area contributed by atoms with E-state index in [-0.39, 0.29) is 6.61 Å². The lowest BCUT2D eigenvalue weighted by Gasteiger charge is -1.99. The number of aliphatic hydroxyl groups excluding tert-OH is 1. The van der Waals surface area contributed by atoms with Crippen LogP contribution in [0.25, 0.3) is 11.4 Å². The molecule has 14 heavy (non-hydrogen) atoms. The molecule has 0 atom stereocenters. The van der Waals surface area contributed by atoms with Crippen LogP contribution in [-0.2, 0) is 6.61 Å². The first kappa shape index (κ1) is 9.30. The Kier molecular flexibility index (Phi) is 2.56. The van der Waals surface area contributed by atoms with Crippen LogP contribution in [0, 0.1) is 6.92 Å². The van der Waals surface area contributed by atoms with Gasteiger partial charge in [0, 0.05) is 28.9 Å². The summed E-state index contributed by atoms with van der Waals surface area (Å²) in [6.45, 7) is 2.03. The highest BCUT2D eigenvalue weighted by atomic mass is 32.1. The van der Waals surface area contributed by atoms with Crippen LogP contribution in [0.4, 0.5) is 0 Å². The normalized spacial score (nSPS) is 10.4. The molecule has 2 aromatic rings. The summed E-state index contributed by atoms with van der Waals surface area (Å²) in [6.07, 6.45) is 3.30. The van der Waals surface area contributed by atoms with Crippen LogP contribution in [0.2, 0.25) is 0 Å². The monoisotopic (exact) mass is 206 g/mol. The molecule has 0 aliphatic heterocycles. The highest BCUT2D eigenvalue weighted by Gasteiger charge is 2.04. The summed E-state index contributed by atoms with van der Waals surface area (Å²) < 4.78 is 0. The molecule has 0 spiro atoms. The molecule has 2 heterocycles. The topological polar surface area (TPSA) is 46.0 Å². The van der Waals surface area contributed by atoms with Crippen LogP contribution < -0.4 is 0 Å². The number of rotatable bonds is 2. The Morgan fingerprint density at radius 2 is 2.00 bits per heavy atom. The number of aromatic nitrogens is 2. The first-order chi connectivity index (χ1) is 6.81. The van der Waals surface area contributed by atoms with Gasteiger partial charge in [0.15, 0.2) is 5.82 Å². The van der Waals surface area contributed by atoms with Gasteiger partial charge in [0.2, 0.25) is 0 Å². The minimum absolute atomic E-state index is 0.0110. The summed E-state index contributed by atoms with van der Waals surface area (Å²) in [5, 5.41) is 12.9. The second-order valence-corrected chi connectivity index (χ2v) is 3.79. The van der Waals surface area contributed by atoms with E-state index in [0.29, 0.717) is 0 Å². The van der Waals surface area contributed by atoms with E-state index in [1.54, 1.807) is 23.7 Å². The maximum Gasteiger partial charge on any atom is 0.160 e. The second kappa shape index (κ2) is 3.86. The Labute approximate surface area is 86.1 Å². The SMILES string of the molecule is Cc1cscc1-c1ncc(CO)cn1. The quantitative estimate of drug-likeness (QED) is 0.817. The largest absolute Gasteiger partial charge is 0.392 e. The van der Waals surface area contributed by atoms with Gasteiger partial charge in [-0.25, -0.2) is 9.97 Å². The molecule has 0 bridgehead atoms. The summed E-state index contributed by atoms with van der Waals surface area (Å²) in [6, 6.07) is 0. The van der Waals surface area contributed by atoms with E-state index in [1.807, 2.05) is 12.3 Å². The first-order valence-corrected chi connectivity index (χ1v) is 5.20. The summed E-state index contributed by atoms with van der Waals surface area (Å²) in [5.74, 6) is 0.723. The Hall–Kier alpha value is -1.26. The molecule has 1 N–H and O–H groups in total. The molecule has 2 rings (SSSR count). The maximum absolute atomic E-state index is 8.84. The van der Waals surface area contributed by atoms with E-state index < -0.39 is 0 Å². The standard InChI is InChI=1S/C10H10N2OS/c1-7-5-14-6-9(7)10-11-2-8(4-13)3-12-10/h2-3,5-6,13H,4H2,1H3. The molecule has 0 radical (unpaired) electrons. The Bertz CT molecular complexity index is 422. The van der Waals surface area contributed by atoms with Crippen LogP contribution in [0.3, 0.4) is 0 Å². The molecule has 3 nitrogen and oxygen atoms in total. The van der Waals surface area contributed by atoms with Gasteiger partial charge in [0.05, 0.1) is 6.61 Å². The van der Waals surface area contributed by atoms with Crippen LogP contribution in [-0.4, -0.2) is 15.1 Å². The minimum Gasteiger partial charge on any atom is -0.392 e. The summed E-state index contributed by atoms with van der Waals surface area (Å²) in [5.41, 5.74) is 2.99. The van der Waals surface area contributed by atoms with Crippen molar-refractivity contribution in [1.29, 1.82) is 0 Å². The minimum atomic E-state index is -0.0110. The number of hydrogen-bond acceptors (Lipinski definition) is 4. The van der Waals surface area contributed by atoms with Crippen LogP contribution >= 0.6 is 11.3 Å². The van der Waals surface area contributed by atoms with E-state index in [4.69, 9.17) is 5.11 Å². The number of hydrogen-bond donors (Lipinski definition) is 1. The molecule has 0 saturated carbocycles. The van der Waals surface area contributed by atoms with E-state index in [2.05, 4.69) is 15.3 Å². The summed E-state index contributed by atoms with van der Waals surface area (Å²) in [4.78, 5) is 8.38.